The van der Waals surface area contributed by atoms with Gasteiger partial charge in [-0.15, -0.1) is 0 Å². The summed E-state index contributed by atoms with van der Waals surface area (Å²) in [5.41, 5.74) is 1.24. The van der Waals surface area contributed by atoms with E-state index in [4.69, 9.17) is 21.7 Å². The molecule has 1 aliphatic heterocycles. The van der Waals surface area contributed by atoms with Crippen molar-refractivity contribution in [3.63, 3.8) is 0 Å². The maximum atomic E-state index is 5.80. The molecule has 0 amide bonds. The molecule has 2 rings (SSSR count). The van der Waals surface area contributed by atoms with E-state index in [1.54, 1.807) is 14.2 Å². The highest BCUT2D eigenvalue weighted by Gasteiger charge is 2.24. The summed E-state index contributed by atoms with van der Waals surface area (Å²) in [6, 6.07) is 6.69. The maximum absolute atomic E-state index is 5.80. The van der Waals surface area contributed by atoms with Crippen LogP contribution in [0.3, 0.4) is 0 Å². The number of nitrogens with one attached hydrogen (secondary N) is 1. The van der Waals surface area contributed by atoms with Crippen LogP contribution in [-0.4, -0.2) is 68.4 Å². The molecule has 0 aromatic heterocycles. The number of unbranched alkanes of at least 4 members (excludes halogenated alkanes) is 2. The Morgan fingerprint density at radius 2 is 1.89 bits per heavy atom. The van der Waals surface area contributed by atoms with Gasteiger partial charge in [-0.25, -0.2) is 0 Å². The third-order valence-electron chi connectivity index (χ3n) is 5.54. The smallest absolute Gasteiger partial charge is 0.169 e. The third kappa shape index (κ3) is 6.82. The van der Waals surface area contributed by atoms with Crippen molar-refractivity contribution < 1.29 is 9.47 Å². The molecule has 158 valence electrons. The molecule has 1 aromatic rings. The van der Waals surface area contributed by atoms with Gasteiger partial charge in [-0.05, 0) is 75.7 Å². The minimum Gasteiger partial charge on any atom is -0.493 e. The molecule has 0 unspecified atom stereocenters. The molecule has 28 heavy (non-hydrogen) atoms. The van der Waals surface area contributed by atoms with E-state index in [0.717, 1.165) is 49.2 Å². The van der Waals surface area contributed by atoms with Crippen molar-refractivity contribution in [2.24, 2.45) is 0 Å². The SMILES string of the molecule is CCCCCNC(=S)N(CCc1ccc(OC)c(OC)c1)C1CCN(C)CC1. The second kappa shape index (κ2) is 12.1. The second-order valence-corrected chi connectivity index (χ2v) is 7.99. The van der Waals surface area contributed by atoms with Crippen LogP contribution in [0, 0.1) is 0 Å². The van der Waals surface area contributed by atoms with Crippen LogP contribution in [0.1, 0.15) is 44.6 Å². The Balaban J connectivity index is 2.01. The maximum Gasteiger partial charge on any atom is 0.169 e. The van der Waals surface area contributed by atoms with Crippen LogP contribution >= 0.6 is 12.2 Å². The fourth-order valence-electron chi connectivity index (χ4n) is 3.71. The first-order chi connectivity index (χ1) is 13.6. The van der Waals surface area contributed by atoms with Gasteiger partial charge in [0, 0.05) is 19.1 Å². The minimum atomic E-state index is 0.516. The summed E-state index contributed by atoms with van der Waals surface area (Å²) in [4.78, 5) is 4.83. The highest BCUT2D eigenvalue weighted by atomic mass is 32.1. The van der Waals surface area contributed by atoms with E-state index in [2.05, 4.69) is 41.2 Å². The number of hydrogen-bond donors (Lipinski definition) is 1. The first-order valence-electron chi connectivity index (χ1n) is 10.5. The molecular formula is C22H37N3O2S. The summed E-state index contributed by atoms with van der Waals surface area (Å²) in [5, 5.41) is 4.41. The molecule has 1 heterocycles. The van der Waals surface area contributed by atoms with Crippen LogP contribution in [0.5, 0.6) is 11.5 Å². The summed E-state index contributed by atoms with van der Waals surface area (Å²) in [5.74, 6) is 1.55. The Morgan fingerprint density at radius 3 is 2.54 bits per heavy atom. The highest BCUT2D eigenvalue weighted by molar-refractivity contribution is 7.80. The van der Waals surface area contributed by atoms with Crippen molar-refractivity contribution in [3.05, 3.63) is 23.8 Å². The van der Waals surface area contributed by atoms with Gasteiger partial charge in [-0.1, -0.05) is 25.8 Å². The lowest BCUT2D eigenvalue weighted by molar-refractivity contribution is 0.175. The molecule has 0 radical (unpaired) electrons. The molecule has 0 spiro atoms. The topological polar surface area (TPSA) is 37.0 Å². The lowest BCUT2D eigenvalue weighted by Crippen LogP contribution is -2.50. The standard InChI is InChI=1S/C22H37N3O2S/c1-5-6-7-13-23-22(28)25(19-11-14-24(2)15-12-19)16-10-18-8-9-20(26-3)21(17-18)27-4/h8-9,17,19H,5-7,10-16H2,1-4H3,(H,23,28). The summed E-state index contributed by atoms with van der Waals surface area (Å²) >= 11 is 5.80. The van der Waals surface area contributed by atoms with Crippen molar-refractivity contribution in [3.8, 4) is 11.5 Å². The lowest BCUT2D eigenvalue weighted by Gasteiger charge is -2.39. The molecule has 0 bridgehead atoms. The Bertz CT molecular complexity index is 603. The number of piperidine rings is 1. The third-order valence-corrected chi connectivity index (χ3v) is 5.91. The zero-order valence-corrected chi connectivity index (χ0v) is 18.8. The number of rotatable bonds is 10. The normalized spacial score (nSPS) is 15.3. The van der Waals surface area contributed by atoms with E-state index >= 15 is 0 Å². The second-order valence-electron chi connectivity index (χ2n) is 7.61. The lowest BCUT2D eigenvalue weighted by atomic mass is 10.0. The Kier molecular flexibility index (Phi) is 9.85. The van der Waals surface area contributed by atoms with Gasteiger partial charge >= 0.3 is 0 Å². The molecule has 1 N–H and O–H groups in total. The van der Waals surface area contributed by atoms with Gasteiger partial charge in [0.15, 0.2) is 16.6 Å². The number of benzene rings is 1. The number of methoxy groups -OCH3 is 2. The molecule has 0 aliphatic carbocycles. The van der Waals surface area contributed by atoms with Crippen LogP contribution in [-0.2, 0) is 6.42 Å². The van der Waals surface area contributed by atoms with Crippen LogP contribution < -0.4 is 14.8 Å². The number of likely N-dealkylation sites (tertiary alicyclic amines) is 1. The first kappa shape index (κ1) is 22.8. The zero-order valence-electron chi connectivity index (χ0n) is 18.0. The van der Waals surface area contributed by atoms with Crippen molar-refractivity contribution in [1.29, 1.82) is 0 Å². The molecule has 1 saturated heterocycles. The summed E-state index contributed by atoms with van der Waals surface area (Å²) in [7, 11) is 5.55. The predicted molar refractivity (Wildman–Crippen MR) is 121 cm³/mol. The van der Waals surface area contributed by atoms with Crippen LogP contribution in [0.25, 0.3) is 0 Å². The average Bonchev–Trinajstić information content (AvgIpc) is 2.72. The van der Waals surface area contributed by atoms with Gasteiger partial charge in [-0.2, -0.15) is 0 Å². The molecule has 0 saturated carbocycles. The van der Waals surface area contributed by atoms with Gasteiger partial charge in [0.1, 0.15) is 0 Å². The molecule has 1 aromatic carbocycles. The van der Waals surface area contributed by atoms with Crippen LogP contribution in [0.15, 0.2) is 18.2 Å². The average molecular weight is 408 g/mol. The van der Waals surface area contributed by atoms with E-state index < -0.39 is 0 Å². The van der Waals surface area contributed by atoms with E-state index in [9.17, 15) is 0 Å². The number of nitrogens with zero attached hydrogens (tertiary/aromatic N) is 2. The Hall–Kier alpha value is -1.53. The fourth-order valence-corrected chi connectivity index (χ4v) is 4.06. The van der Waals surface area contributed by atoms with Gasteiger partial charge in [0.25, 0.3) is 0 Å². The van der Waals surface area contributed by atoms with Crippen LogP contribution in [0.4, 0.5) is 0 Å². The van der Waals surface area contributed by atoms with Crippen molar-refractivity contribution in [1.82, 2.24) is 15.1 Å². The first-order valence-corrected chi connectivity index (χ1v) is 10.9. The number of thiocarbonyl (C=S) groups is 1. The molecule has 1 aliphatic rings. The summed E-state index contributed by atoms with van der Waals surface area (Å²) in [6.45, 7) is 6.38. The van der Waals surface area contributed by atoms with E-state index in [1.165, 1.54) is 37.7 Å². The van der Waals surface area contributed by atoms with Crippen LogP contribution in [0.2, 0.25) is 0 Å². The molecule has 5 nitrogen and oxygen atoms in total. The summed E-state index contributed by atoms with van der Waals surface area (Å²) in [6.07, 6.45) is 6.91. The highest BCUT2D eigenvalue weighted by Crippen LogP contribution is 2.28. The van der Waals surface area contributed by atoms with Gasteiger partial charge in [-0.3, -0.25) is 0 Å². The quantitative estimate of drug-likeness (QED) is 0.471. The molecule has 0 atom stereocenters. The molecular weight excluding hydrogens is 370 g/mol. The number of hydrogen-bond acceptors (Lipinski definition) is 4. The summed E-state index contributed by atoms with van der Waals surface area (Å²) < 4.78 is 10.8. The molecule has 1 fully saturated rings. The van der Waals surface area contributed by atoms with Gasteiger partial charge < -0.3 is 24.6 Å². The fraction of sp³-hybridized carbons (Fsp3) is 0.682. The Morgan fingerprint density at radius 1 is 1.18 bits per heavy atom. The van der Waals surface area contributed by atoms with Crippen molar-refractivity contribution in [2.45, 2.75) is 51.5 Å². The minimum absolute atomic E-state index is 0.516. The predicted octanol–water partition coefficient (Wildman–Crippen LogP) is 3.71. The molecule has 6 heteroatoms. The Labute approximate surface area is 176 Å². The van der Waals surface area contributed by atoms with Crippen molar-refractivity contribution >= 4 is 17.3 Å². The van der Waals surface area contributed by atoms with E-state index in [-0.39, 0.29) is 0 Å². The van der Waals surface area contributed by atoms with Gasteiger partial charge in [0.2, 0.25) is 0 Å². The zero-order chi connectivity index (χ0) is 20.4. The van der Waals surface area contributed by atoms with Gasteiger partial charge in [0.05, 0.1) is 14.2 Å². The van der Waals surface area contributed by atoms with E-state index in [1.807, 2.05) is 6.07 Å². The van der Waals surface area contributed by atoms with E-state index in [0.29, 0.717) is 6.04 Å². The van der Waals surface area contributed by atoms with Crippen molar-refractivity contribution in [2.75, 3.05) is 47.4 Å². The largest absolute Gasteiger partial charge is 0.493 e. The number of ether oxygens (including phenoxy) is 2. The monoisotopic (exact) mass is 407 g/mol.